The van der Waals surface area contributed by atoms with Crippen LogP contribution in [0.1, 0.15) is 39.5 Å². The topological polar surface area (TPSA) is 70.6 Å². The van der Waals surface area contributed by atoms with Gasteiger partial charge in [0.1, 0.15) is 0 Å². The molecule has 0 aliphatic heterocycles. The van der Waals surface area contributed by atoms with Crippen molar-refractivity contribution in [3.63, 3.8) is 0 Å². The van der Waals surface area contributed by atoms with Crippen molar-refractivity contribution in [3.8, 4) is 0 Å². The first-order valence-electron chi connectivity index (χ1n) is 7.18. The van der Waals surface area contributed by atoms with Crippen molar-refractivity contribution in [1.29, 1.82) is 0 Å². The van der Waals surface area contributed by atoms with Crippen LogP contribution in [0.3, 0.4) is 0 Å². The Bertz CT molecular complexity index is 276. The average molecular weight is 272 g/mol. The standard InChI is InChI=1S/C14H28N2O3/c1-11-4-6-14(10-17,7-5-11)16-12(2)13(18)15-8-9-19-3/h11-12,16-17H,4-10H2,1-3H3,(H,15,18). The van der Waals surface area contributed by atoms with Crippen molar-refractivity contribution < 1.29 is 14.6 Å². The highest BCUT2D eigenvalue weighted by molar-refractivity contribution is 5.81. The molecule has 0 aromatic rings. The monoisotopic (exact) mass is 272 g/mol. The number of amides is 1. The molecule has 0 bridgehead atoms. The maximum atomic E-state index is 11.9. The maximum absolute atomic E-state index is 11.9. The molecule has 1 fully saturated rings. The molecule has 3 N–H and O–H groups in total. The Morgan fingerprint density at radius 3 is 2.63 bits per heavy atom. The molecular formula is C14H28N2O3. The normalized spacial score (nSPS) is 28.9. The third kappa shape index (κ3) is 5.09. The molecule has 0 saturated heterocycles. The van der Waals surface area contributed by atoms with Crippen LogP contribution < -0.4 is 10.6 Å². The van der Waals surface area contributed by atoms with Gasteiger partial charge in [0.25, 0.3) is 0 Å². The lowest BCUT2D eigenvalue weighted by Crippen LogP contribution is -2.58. The summed E-state index contributed by atoms with van der Waals surface area (Å²) >= 11 is 0. The summed E-state index contributed by atoms with van der Waals surface area (Å²) in [7, 11) is 1.61. The predicted octanol–water partition coefficient (Wildman–Crippen LogP) is 0.668. The number of aliphatic hydroxyl groups is 1. The highest BCUT2D eigenvalue weighted by Gasteiger charge is 2.35. The summed E-state index contributed by atoms with van der Waals surface area (Å²) < 4.78 is 4.90. The van der Waals surface area contributed by atoms with Crippen LogP contribution in [0, 0.1) is 5.92 Å². The molecule has 112 valence electrons. The third-order valence-corrected chi connectivity index (χ3v) is 4.06. The molecule has 1 aliphatic carbocycles. The minimum Gasteiger partial charge on any atom is -0.394 e. The second-order valence-corrected chi connectivity index (χ2v) is 5.77. The Balaban J connectivity index is 2.44. The van der Waals surface area contributed by atoms with Gasteiger partial charge in [-0.3, -0.25) is 10.1 Å². The van der Waals surface area contributed by atoms with Crippen molar-refractivity contribution in [3.05, 3.63) is 0 Å². The molecule has 1 saturated carbocycles. The molecular weight excluding hydrogens is 244 g/mol. The van der Waals surface area contributed by atoms with E-state index < -0.39 is 0 Å². The average Bonchev–Trinajstić information content (AvgIpc) is 2.42. The van der Waals surface area contributed by atoms with E-state index in [2.05, 4.69) is 17.6 Å². The van der Waals surface area contributed by atoms with Crippen molar-refractivity contribution in [2.75, 3.05) is 26.9 Å². The molecule has 0 heterocycles. The Labute approximate surface area is 116 Å². The van der Waals surface area contributed by atoms with E-state index in [9.17, 15) is 9.90 Å². The molecule has 0 spiro atoms. The summed E-state index contributed by atoms with van der Waals surface area (Å²) in [4.78, 5) is 11.9. The van der Waals surface area contributed by atoms with E-state index in [1.54, 1.807) is 7.11 Å². The van der Waals surface area contributed by atoms with Crippen molar-refractivity contribution in [2.24, 2.45) is 5.92 Å². The van der Waals surface area contributed by atoms with Gasteiger partial charge in [-0.1, -0.05) is 6.92 Å². The number of carbonyl (C=O) groups is 1. The molecule has 0 radical (unpaired) electrons. The van der Waals surface area contributed by atoms with Crippen molar-refractivity contribution in [1.82, 2.24) is 10.6 Å². The van der Waals surface area contributed by atoms with E-state index in [1.807, 2.05) is 6.92 Å². The number of rotatable bonds is 7. The minimum atomic E-state index is -0.294. The van der Waals surface area contributed by atoms with Gasteiger partial charge in [-0.2, -0.15) is 0 Å². The van der Waals surface area contributed by atoms with Gasteiger partial charge >= 0.3 is 0 Å². The number of methoxy groups -OCH3 is 1. The number of hydrogen-bond acceptors (Lipinski definition) is 4. The second-order valence-electron chi connectivity index (χ2n) is 5.77. The molecule has 5 nitrogen and oxygen atoms in total. The lowest BCUT2D eigenvalue weighted by molar-refractivity contribution is -0.123. The minimum absolute atomic E-state index is 0.0384. The Kier molecular flexibility index (Phi) is 6.75. The van der Waals surface area contributed by atoms with E-state index in [0.717, 1.165) is 25.7 Å². The van der Waals surface area contributed by atoms with E-state index in [0.29, 0.717) is 19.1 Å². The van der Waals surface area contributed by atoms with Gasteiger partial charge in [0.2, 0.25) is 5.91 Å². The molecule has 0 aromatic heterocycles. The first-order chi connectivity index (χ1) is 9.03. The van der Waals surface area contributed by atoms with E-state index in [4.69, 9.17) is 4.74 Å². The molecule has 1 rings (SSSR count). The second kappa shape index (κ2) is 7.82. The maximum Gasteiger partial charge on any atom is 0.236 e. The van der Waals surface area contributed by atoms with Crippen LogP contribution in [-0.4, -0.2) is 49.5 Å². The first kappa shape index (κ1) is 16.4. The summed E-state index contributed by atoms with van der Waals surface area (Å²) in [6.07, 6.45) is 4.07. The Morgan fingerprint density at radius 2 is 2.11 bits per heavy atom. The molecule has 19 heavy (non-hydrogen) atoms. The number of aliphatic hydroxyl groups excluding tert-OH is 1. The van der Waals surface area contributed by atoms with Crippen LogP contribution in [0.2, 0.25) is 0 Å². The zero-order chi connectivity index (χ0) is 14.3. The first-order valence-corrected chi connectivity index (χ1v) is 7.18. The fraction of sp³-hybridized carbons (Fsp3) is 0.929. The lowest BCUT2D eigenvalue weighted by atomic mass is 9.77. The van der Waals surface area contributed by atoms with Gasteiger partial charge in [-0.25, -0.2) is 0 Å². The molecule has 5 heteroatoms. The SMILES string of the molecule is COCCNC(=O)C(C)NC1(CO)CCC(C)CC1. The largest absolute Gasteiger partial charge is 0.394 e. The van der Waals surface area contributed by atoms with Crippen molar-refractivity contribution >= 4 is 5.91 Å². The fourth-order valence-corrected chi connectivity index (χ4v) is 2.62. The van der Waals surface area contributed by atoms with E-state index in [-0.39, 0.29) is 24.1 Å². The number of carbonyl (C=O) groups excluding carboxylic acids is 1. The zero-order valence-corrected chi connectivity index (χ0v) is 12.4. The molecule has 1 amide bonds. The van der Waals surface area contributed by atoms with Gasteiger partial charge in [-0.15, -0.1) is 0 Å². The quantitative estimate of drug-likeness (QED) is 0.596. The highest BCUT2D eigenvalue weighted by atomic mass is 16.5. The summed E-state index contributed by atoms with van der Waals surface area (Å²) in [5, 5.41) is 15.8. The van der Waals surface area contributed by atoms with Crippen LogP contribution in [-0.2, 0) is 9.53 Å². The van der Waals surface area contributed by atoms with E-state index in [1.165, 1.54) is 0 Å². The molecule has 1 atom stereocenters. The van der Waals surface area contributed by atoms with Crippen molar-refractivity contribution in [2.45, 2.75) is 51.1 Å². The zero-order valence-electron chi connectivity index (χ0n) is 12.4. The fourth-order valence-electron chi connectivity index (χ4n) is 2.62. The Hall–Kier alpha value is -0.650. The lowest BCUT2D eigenvalue weighted by Gasteiger charge is -2.40. The summed E-state index contributed by atoms with van der Waals surface area (Å²) in [6, 6.07) is -0.294. The number of nitrogens with one attached hydrogen (secondary N) is 2. The van der Waals surface area contributed by atoms with Gasteiger partial charge in [0.05, 0.1) is 19.3 Å². The van der Waals surface area contributed by atoms with Crippen LogP contribution in [0.15, 0.2) is 0 Å². The van der Waals surface area contributed by atoms with Crippen LogP contribution in [0.5, 0.6) is 0 Å². The summed E-state index contributed by atoms with van der Waals surface area (Å²) in [6.45, 7) is 5.21. The van der Waals surface area contributed by atoms with Gasteiger partial charge < -0.3 is 15.2 Å². The molecule has 1 aliphatic rings. The number of ether oxygens (including phenoxy) is 1. The predicted molar refractivity (Wildman–Crippen MR) is 74.9 cm³/mol. The van der Waals surface area contributed by atoms with E-state index >= 15 is 0 Å². The highest BCUT2D eigenvalue weighted by Crippen LogP contribution is 2.31. The molecule has 1 unspecified atom stereocenters. The van der Waals surface area contributed by atoms with Gasteiger partial charge in [-0.05, 0) is 38.5 Å². The van der Waals surface area contributed by atoms with Crippen LogP contribution in [0.4, 0.5) is 0 Å². The summed E-state index contributed by atoms with van der Waals surface area (Å²) in [5.41, 5.74) is -0.287. The molecule has 0 aromatic carbocycles. The summed E-state index contributed by atoms with van der Waals surface area (Å²) in [5.74, 6) is 0.677. The Morgan fingerprint density at radius 1 is 1.47 bits per heavy atom. The van der Waals surface area contributed by atoms with Gasteiger partial charge in [0.15, 0.2) is 0 Å². The van der Waals surface area contributed by atoms with Gasteiger partial charge in [0, 0.05) is 19.2 Å². The van der Waals surface area contributed by atoms with Crippen LogP contribution >= 0.6 is 0 Å². The number of hydrogen-bond donors (Lipinski definition) is 3. The third-order valence-electron chi connectivity index (χ3n) is 4.06. The smallest absolute Gasteiger partial charge is 0.236 e. The van der Waals surface area contributed by atoms with Crippen LogP contribution in [0.25, 0.3) is 0 Å².